The first-order valence-corrected chi connectivity index (χ1v) is 11.6. The summed E-state index contributed by atoms with van der Waals surface area (Å²) in [6.07, 6.45) is 0.419. The van der Waals surface area contributed by atoms with Crippen molar-refractivity contribution in [3.8, 4) is 34.5 Å². The van der Waals surface area contributed by atoms with Gasteiger partial charge in [0.25, 0.3) is 0 Å². The van der Waals surface area contributed by atoms with Crippen LogP contribution in [-0.2, 0) is 11.2 Å². The molecule has 0 aliphatic carbocycles. The Labute approximate surface area is 213 Å². The minimum Gasteiger partial charge on any atom is -0.507 e. The number of hydrogen-bond donors (Lipinski definition) is 2. The molecular weight excluding hydrogens is 482 g/mol. The van der Waals surface area contributed by atoms with Crippen molar-refractivity contribution < 1.29 is 38.0 Å². The van der Waals surface area contributed by atoms with Crippen molar-refractivity contribution in [2.45, 2.75) is 25.7 Å². The fourth-order valence-electron chi connectivity index (χ4n) is 4.34. The number of ether oxygens (including phenoxy) is 5. The number of nitrogens with one attached hydrogen (secondary N) is 1. The molecule has 1 amide bonds. The molecule has 0 saturated carbocycles. The topological polar surface area (TPSA) is 126 Å². The highest BCUT2D eigenvalue weighted by Crippen LogP contribution is 2.52. The number of hydrogen-bond acceptors (Lipinski definition) is 9. The summed E-state index contributed by atoms with van der Waals surface area (Å²) in [5, 5.41) is 13.6. The predicted octanol–water partition coefficient (Wildman–Crippen LogP) is 3.29. The van der Waals surface area contributed by atoms with Crippen molar-refractivity contribution in [3.05, 3.63) is 69.3 Å². The molecule has 0 saturated heterocycles. The van der Waals surface area contributed by atoms with E-state index in [1.54, 1.807) is 20.1 Å². The van der Waals surface area contributed by atoms with Gasteiger partial charge < -0.3 is 38.5 Å². The van der Waals surface area contributed by atoms with Gasteiger partial charge in [0.05, 0.1) is 26.9 Å². The van der Waals surface area contributed by atoms with E-state index in [9.17, 15) is 14.7 Å². The highest BCUT2D eigenvalue weighted by atomic mass is 16.7. The molecule has 1 aliphatic rings. The van der Waals surface area contributed by atoms with E-state index in [-0.39, 0.29) is 47.7 Å². The minimum atomic E-state index is -0.934. The summed E-state index contributed by atoms with van der Waals surface area (Å²) in [6.45, 7) is 1.88. The molecule has 1 aromatic heterocycles. The lowest BCUT2D eigenvalue weighted by Crippen LogP contribution is -2.29. The maximum Gasteiger partial charge on any atom is 0.343 e. The van der Waals surface area contributed by atoms with Gasteiger partial charge >= 0.3 is 5.63 Å². The third kappa shape index (κ3) is 5.42. The van der Waals surface area contributed by atoms with Gasteiger partial charge in [0.2, 0.25) is 24.2 Å². The van der Waals surface area contributed by atoms with Crippen LogP contribution in [0.4, 0.5) is 0 Å². The summed E-state index contributed by atoms with van der Waals surface area (Å²) in [6, 6.07) is 10.5. The standard InChI is InChI=1S/C27H29NO9/c1-15-11-20(29)23(27(31)37-15)18(13-22(30)28-10-9-16-5-7-17(32-2)8-6-16)19-12-21(33-3)25-26(24(19)34-4)36-14-35-25/h5-8,11-12,18,29H,9-10,13-14H2,1-4H3,(H,28,30). The van der Waals surface area contributed by atoms with Gasteiger partial charge in [0.1, 0.15) is 17.3 Å². The highest BCUT2D eigenvalue weighted by Gasteiger charge is 2.34. The van der Waals surface area contributed by atoms with Gasteiger partial charge in [-0.3, -0.25) is 4.79 Å². The molecule has 0 radical (unpaired) electrons. The molecular formula is C27H29NO9. The first-order valence-electron chi connectivity index (χ1n) is 11.6. The average molecular weight is 512 g/mol. The van der Waals surface area contributed by atoms with Gasteiger partial charge in [0, 0.05) is 30.5 Å². The average Bonchev–Trinajstić information content (AvgIpc) is 3.37. The van der Waals surface area contributed by atoms with Crippen molar-refractivity contribution in [2.24, 2.45) is 0 Å². The van der Waals surface area contributed by atoms with Crippen LogP contribution >= 0.6 is 0 Å². The Bertz CT molecular complexity index is 1330. The SMILES string of the molecule is COc1ccc(CCNC(=O)CC(c2cc(OC)c3c(c2OC)OCO3)c2c(O)cc(C)oc2=O)cc1. The smallest absolute Gasteiger partial charge is 0.343 e. The molecule has 0 spiro atoms. The van der Waals surface area contributed by atoms with Crippen LogP contribution in [0, 0.1) is 6.92 Å². The fraction of sp³-hybridized carbons (Fsp3) is 0.333. The molecule has 2 heterocycles. The van der Waals surface area contributed by atoms with E-state index in [1.807, 2.05) is 24.3 Å². The first-order chi connectivity index (χ1) is 17.9. The summed E-state index contributed by atoms with van der Waals surface area (Å²) in [4.78, 5) is 26.0. The number of benzene rings is 2. The molecule has 1 atom stereocenters. The lowest BCUT2D eigenvalue weighted by atomic mass is 9.87. The van der Waals surface area contributed by atoms with Crippen LogP contribution in [0.1, 0.15) is 34.8 Å². The second kappa shape index (κ2) is 11.2. The van der Waals surface area contributed by atoms with Crippen LogP contribution in [0.15, 0.2) is 45.6 Å². The maximum atomic E-state index is 13.1. The molecule has 196 valence electrons. The van der Waals surface area contributed by atoms with Crippen molar-refractivity contribution in [2.75, 3.05) is 34.7 Å². The van der Waals surface area contributed by atoms with Gasteiger partial charge in [-0.2, -0.15) is 0 Å². The largest absolute Gasteiger partial charge is 0.507 e. The zero-order valence-electron chi connectivity index (χ0n) is 21.1. The number of carbonyl (C=O) groups is 1. The number of methoxy groups -OCH3 is 3. The van der Waals surface area contributed by atoms with Crippen molar-refractivity contribution in [1.82, 2.24) is 5.32 Å². The number of rotatable bonds is 10. The van der Waals surface area contributed by atoms with E-state index < -0.39 is 11.5 Å². The van der Waals surface area contributed by atoms with Gasteiger partial charge in [-0.15, -0.1) is 0 Å². The molecule has 10 heteroatoms. The maximum absolute atomic E-state index is 13.1. The van der Waals surface area contributed by atoms with E-state index >= 15 is 0 Å². The van der Waals surface area contributed by atoms with E-state index in [0.29, 0.717) is 30.0 Å². The van der Waals surface area contributed by atoms with E-state index in [4.69, 9.17) is 28.1 Å². The Morgan fingerprint density at radius 1 is 1.05 bits per heavy atom. The number of fused-ring (bicyclic) bond motifs is 1. The summed E-state index contributed by atoms with van der Waals surface area (Å²) in [5.41, 5.74) is 0.597. The molecule has 1 unspecified atom stereocenters. The van der Waals surface area contributed by atoms with E-state index in [1.165, 1.54) is 20.3 Å². The van der Waals surface area contributed by atoms with Crippen LogP contribution in [0.5, 0.6) is 34.5 Å². The van der Waals surface area contributed by atoms with Gasteiger partial charge in [-0.25, -0.2) is 4.79 Å². The lowest BCUT2D eigenvalue weighted by molar-refractivity contribution is -0.121. The minimum absolute atomic E-state index is 0.0417. The van der Waals surface area contributed by atoms with Gasteiger partial charge in [-0.1, -0.05) is 12.1 Å². The summed E-state index contributed by atoms with van der Waals surface area (Å²) >= 11 is 0. The first kappa shape index (κ1) is 25.7. The third-order valence-electron chi connectivity index (χ3n) is 6.11. The summed E-state index contributed by atoms with van der Waals surface area (Å²) < 4.78 is 32.6. The second-order valence-electron chi connectivity index (χ2n) is 8.41. The lowest BCUT2D eigenvalue weighted by Gasteiger charge is -2.22. The highest BCUT2D eigenvalue weighted by molar-refractivity contribution is 5.78. The zero-order chi connectivity index (χ0) is 26.5. The van der Waals surface area contributed by atoms with Crippen LogP contribution in [0.25, 0.3) is 0 Å². The van der Waals surface area contributed by atoms with Crippen LogP contribution in [-0.4, -0.2) is 45.7 Å². The quantitative estimate of drug-likeness (QED) is 0.422. The van der Waals surface area contributed by atoms with Crippen molar-refractivity contribution >= 4 is 5.91 Å². The third-order valence-corrected chi connectivity index (χ3v) is 6.11. The molecule has 4 rings (SSSR count). The molecule has 3 aromatic rings. The predicted molar refractivity (Wildman–Crippen MR) is 133 cm³/mol. The van der Waals surface area contributed by atoms with Crippen LogP contribution in [0.3, 0.4) is 0 Å². The van der Waals surface area contributed by atoms with Crippen molar-refractivity contribution in [3.63, 3.8) is 0 Å². The second-order valence-corrected chi connectivity index (χ2v) is 8.41. The van der Waals surface area contributed by atoms with Crippen LogP contribution < -0.4 is 34.6 Å². The number of amides is 1. The normalized spacial score (nSPS) is 12.6. The Balaban J connectivity index is 1.66. The molecule has 10 nitrogen and oxygen atoms in total. The summed E-state index contributed by atoms with van der Waals surface area (Å²) in [7, 11) is 4.51. The molecule has 0 fully saturated rings. The molecule has 0 bridgehead atoms. The van der Waals surface area contributed by atoms with Crippen LogP contribution in [0.2, 0.25) is 0 Å². The summed E-state index contributed by atoms with van der Waals surface area (Å²) in [5.74, 6) is 0.678. The van der Waals surface area contributed by atoms with Crippen molar-refractivity contribution in [1.29, 1.82) is 0 Å². The Morgan fingerprint density at radius 2 is 1.78 bits per heavy atom. The van der Waals surface area contributed by atoms with Gasteiger partial charge in [0.15, 0.2) is 11.5 Å². The Morgan fingerprint density at radius 3 is 2.43 bits per heavy atom. The number of aryl methyl sites for hydroxylation is 1. The Hall–Kier alpha value is -4.34. The number of carbonyl (C=O) groups excluding carboxylic acids is 1. The fourth-order valence-corrected chi connectivity index (χ4v) is 4.34. The van der Waals surface area contributed by atoms with E-state index in [0.717, 1.165) is 11.3 Å². The molecule has 2 aromatic carbocycles. The molecule has 1 aliphatic heterocycles. The van der Waals surface area contributed by atoms with E-state index in [2.05, 4.69) is 5.32 Å². The molecule has 2 N–H and O–H groups in total. The molecule has 37 heavy (non-hydrogen) atoms. The van der Waals surface area contributed by atoms with Gasteiger partial charge in [-0.05, 0) is 37.1 Å². The zero-order valence-corrected chi connectivity index (χ0v) is 21.1. The Kier molecular flexibility index (Phi) is 7.76. The number of aromatic hydroxyl groups is 1. The monoisotopic (exact) mass is 511 g/mol.